The highest BCUT2D eigenvalue weighted by Gasteiger charge is 2.22. The summed E-state index contributed by atoms with van der Waals surface area (Å²) in [6.45, 7) is 6.21. The van der Waals surface area contributed by atoms with Crippen molar-refractivity contribution in [3.63, 3.8) is 0 Å². The maximum Gasteiger partial charge on any atom is 0.265 e. The number of anilines is 1. The van der Waals surface area contributed by atoms with E-state index >= 15 is 0 Å². The third-order valence-electron chi connectivity index (χ3n) is 4.23. The zero-order chi connectivity index (χ0) is 20.7. The van der Waals surface area contributed by atoms with Gasteiger partial charge in [-0.3, -0.25) is 4.79 Å². The molecule has 0 heterocycles. The molecule has 0 aliphatic heterocycles. The van der Waals surface area contributed by atoms with Gasteiger partial charge in [-0.15, -0.1) is 0 Å². The minimum absolute atomic E-state index is 0.188. The van der Waals surface area contributed by atoms with Crippen molar-refractivity contribution in [2.24, 2.45) is 0 Å². The number of para-hydroxylation sites is 1. The Kier molecular flexibility index (Phi) is 7.86. The van der Waals surface area contributed by atoms with Gasteiger partial charge in [0.05, 0.1) is 9.92 Å². The van der Waals surface area contributed by atoms with Crippen LogP contribution in [0.25, 0.3) is 0 Å². The summed E-state index contributed by atoms with van der Waals surface area (Å²) < 4.78 is 32.1. The van der Waals surface area contributed by atoms with Crippen LogP contribution in [-0.2, 0) is 14.8 Å². The zero-order valence-corrected chi connectivity index (χ0v) is 17.8. The van der Waals surface area contributed by atoms with Crippen LogP contribution < -0.4 is 10.1 Å². The minimum atomic E-state index is -3.53. The summed E-state index contributed by atoms with van der Waals surface area (Å²) in [7, 11) is -3.53. The molecule has 2 rings (SSSR count). The number of carbonyl (C=O) groups excluding carboxylic acids is 1. The summed E-state index contributed by atoms with van der Waals surface area (Å²) in [5, 5.41) is 3.18. The van der Waals surface area contributed by atoms with Crippen molar-refractivity contribution in [2.75, 3.05) is 18.4 Å². The average Bonchev–Trinajstić information content (AvgIpc) is 2.68. The van der Waals surface area contributed by atoms with Crippen LogP contribution in [0.1, 0.15) is 27.2 Å². The lowest BCUT2D eigenvalue weighted by Gasteiger charge is -2.19. The van der Waals surface area contributed by atoms with Crippen molar-refractivity contribution >= 4 is 33.2 Å². The van der Waals surface area contributed by atoms with Crippen molar-refractivity contribution in [1.82, 2.24) is 4.31 Å². The largest absolute Gasteiger partial charge is 0.479 e. The van der Waals surface area contributed by atoms with Crippen LogP contribution in [-0.4, -0.2) is 37.8 Å². The molecule has 0 aromatic heterocycles. The summed E-state index contributed by atoms with van der Waals surface area (Å²) in [6, 6.07) is 13.1. The molecule has 1 atom stereocenters. The van der Waals surface area contributed by atoms with Crippen LogP contribution >= 0.6 is 11.6 Å². The van der Waals surface area contributed by atoms with Crippen molar-refractivity contribution in [3.8, 4) is 5.75 Å². The molecule has 0 unspecified atom stereocenters. The highest BCUT2D eigenvalue weighted by molar-refractivity contribution is 7.89. The van der Waals surface area contributed by atoms with E-state index in [0.29, 0.717) is 36.0 Å². The predicted octanol–water partition coefficient (Wildman–Crippen LogP) is 4.17. The van der Waals surface area contributed by atoms with Crippen LogP contribution in [0.5, 0.6) is 5.75 Å². The second kappa shape index (κ2) is 9.91. The molecule has 0 bridgehead atoms. The first-order valence-corrected chi connectivity index (χ1v) is 11.0. The fraction of sp³-hybridized carbons (Fsp3) is 0.350. The van der Waals surface area contributed by atoms with E-state index in [2.05, 4.69) is 5.32 Å². The number of nitrogens with one attached hydrogen (secondary N) is 1. The molecule has 0 aliphatic carbocycles. The SMILES string of the molecule is CC[C@@H](Oc1ccccc1Cl)C(=O)Nc1ccc(S(=O)(=O)N(CC)CC)cc1. The summed E-state index contributed by atoms with van der Waals surface area (Å²) >= 11 is 6.08. The number of ether oxygens (including phenoxy) is 1. The van der Waals surface area contributed by atoms with Gasteiger partial charge in [-0.2, -0.15) is 4.31 Å². The Hall–Kier alpha value is -2.09. The van der Waals surface area contributed by atoms with Gasteiger partial charge in [-0.05, 0) is 42.8 Å². The monoisotopic (exact) mass is 424 g/mol. The fourth-order valence-corrected chi connectivity index (χ4v) is 4.30. The highest BCUT2D eigenvalue weighted by atomic mass is 35.5. The van der Waals surface area contributed by atoms with Crippen LogP contribution in [0.2, 0.25) is 5.02 Å². The molecule has 1 amide bonds. The van der Waals surface area contributed by atoms with E-state index in [1.807, 2.05) is 6.92 Å². The molecule has 0 saturated carbocycles. The van der Waals surface area contributed by atoms with Gasteiger partial charge in [0.25, 0.3) is 5.91 Å². The van der Waals surface area contributed by atoms with Gasteiger partial charge in [0.15, 0.2) is 6.10 Å². The van der Waals surface area contributed by atoms with Crippen molar-refractivity contribution in [2.45, 2.75) is 38.2 Å². The van der Waals surface area contributed by atoms with E-state index in [1.54, 1.807) is 50.2 Å². The fourth-order valence-electron chi connectivity index (χ4n) is 2.66. The van der Waals surface area contributed by atoms with Gasteiger partial charge >= 0.3 is 0 Å². The number of hydrogen-bond acceptors (Lipinski definition) is 4. The summed E-state index contributed by atoms with van der Waals surface area (Å²) in [5.74, 6) is 0.105. The Bertz CT molecular complexity index is 897. The van der Waals surface area contributed by atoms with E-state index in [0.717, 1.165) is 0 Å². The number of sulfonamides is 1. The standard InChI is InChI=1S/C20H25ClN2O4S/c1-4-18(27-19-10-8-7-9-17(19)21)20(24)22-15-11-13-16(14-12-15)28(25,26)23(5-2)6-3/h7-14,18H,4-6H2,1-3H3,(H,22,24)/t18-/m1/s1. The number of halogens is 1. The summed E-state index contributed by atoms with van der Waals surface area (Å²) in [6.07, 6.45) is -0.273. The van der Waals surface area contributed by atoms with Crippen LogP contribution in [0, 0.1) is 0 Å². The summed E-state index contributed by atoms with van der Waals surface area (Å²) in [4.78, 5) is 12.7. The van der Waals surface area contributed by atoms with Gasteiger partial charge in [0.1, 0.15) is 5.75 Å². The van der Waals surface area contributed by atoms with Crippen molar-refractivity contribution in [3.05, 3.63) is 53.6 Å². The molecule has 152 valence electrons. The molecule has 0 spiro atoms. The first-order valence-electron chi connectivity index (χ1n) is 9.15. The van der Waals surface area contributed by atoms with E-state index in [-0.39, 0.29) is 10.8 Å². The Morgan fingerprint density at radius 1 is 1.07 bits per heavy atom. The average molecular weight is 425 g/mol. The zero-order valence-electron chi connectivity index (χ0n) is 16.2. The van der Waals surface area contributed by atoms with Crippen LogP contribution in [0.3, 0.4) is 0 Å². The second-order valence-electron chi connectivity index (χ2n) is 6.05. The first-order chi connectivity index (χ1) is 13.3. The topological polar surface area (TPSA) is 75.7 Å². The molecule has 0 aliphatic rings. The smallest absolute Gasteiger partial charge is 0.265 e. The molecule has 0 saturated heterocycles. The van der Waals surface area contributed by atoms with Gasteiger partial charge < -0.3 is 10.1 Å². The van der Waals surface area contributed by atoms with Gasteiger partial charge in [0, 0.05) is 18.8 Å². The van der Waals surface area contributed by atoms with E-state index in [9.17, 15) is 13.2 Å². The molecule has 1 N–H and O–H groups in total. The third-order valence-corrected chi connectivity index (χ3v) is 6.61. The maximum absolute atomic E-state index is 12.5. The lowest BCUT2D eigenvalue weighted by Crippen LogP contribution is -2.32. The molecule has 0 fully saturated rings. The Morgan fingerprint density at radius 3 is 2.21 bits per heavy atom. The van der Waals surface area contributed by atoms with Gasteiger partial charge in [-0.25, -0.2) is 8.42 Å². The maximum atomic E-state index is 12.5. The molecular formula is C20H25ClN2O4S. The lowest BCUT2D eigenvalue weighted by molar-refractivity contribution is -0.122. The number of nitrogens with zero attached hydrogens (tertiary/aromatic N) is 1. The normalized spacial score (nSPS) is 12.6. The number of carbonyl (C=O) groups is 1. The van der Waals surface area contributed by atoms with Crippen molar-refractivity contribution < 1.29 is 17.9 Å². The minimum Gasteiger partial charge on any atom is -0.479 e. The molecule has 28 heavy (non-hydrogen) atoms. The Balaban J connectivity index is 2.10. The number of amides is 1. The molecule has 2 aromatic carbocycles. The highest BCUT2D eigenvalue weighted by Crippen LogP contribution is 2.25. The van der Waals surface area contributed by atoms with E-state index < -0.39 is 16.1 Å². The first kappa shape index (κ1) is 22.2. The van der Waals surface area contributed by atoms with E-state index in [1.165, 1.54) is 16.4 Å². The number of hydrogen-bond donors (Lipinski definition) is 1. The lowest BCUT2D eigenvalue weighted by atomic mass is 10.2. The van der Waals surface area contributed by atoms with Crippen LogP contribution in [0.4, 0.5) is 5.69 Å². The molecule has 6 nitrogen and oxygen atoms in total. The quantitative estimate of drug-likeness (QED) is 0.655. The van der Waals surface area contributed by atoms with E-state index in [4.69, 9.17) is 16.3 Å². The predicted molar refractivity (Wildman–Crippen MR) is 111 cm³/mol. The van der Waals surface area contributed by atoms with Gasteiger partial charge in [-0.1, -0.05) is 44.5 Å². The Morgan fingerprint density at radius 2 is 1.68 bits per heavy atom. The number of benzene rings is 2. The molecule has 8 heteroatoms. The molecular weight excluding hydrogens is 400 g/mol. The van der Waals surface area contributed by atoms with Crippen LogP contribution in [0.15, 0.2) is 53.4 Å². The van der Waals surface area contributed by atoms with Crippen molar-refractivity contribution in [1.29, 1.82) is 0 Å². The molecule has 0 radical (unpaired) electrons. The van der Waals surface area contributed by atoms with Gasteiger partial charge in [0.2, 0.25) is 10.0 Å². The Labute approximate surface area is 171 Å². The third kappa shape index (κ3) is 5.25. The number of rotatable bonds is 9. The summed E-state index contributed by atoms with van der Waals surface area (Å²) in [5.41, 5.74) is 0.490. The second-order valence-corrected chi connectivity index (χ2v) is 8.39. The molecule has 2 aromatic rings.